The topological polar surface area (TPSA) is 17.1 Å². The summed E-state index contributed by atoms with van der Waals surface area (Å²) in [6.45, 7) is 11.0. The molecule has 0 radical (unpaired) electrons. The van der Waals surface area contributed by atoms with Gasteiger partial charge in [0, 0.05) is 11.3 Å². The summed E-state index contributed by atoms with van der Waals surface area (Å²) in [6.07, 6.45) is 5.55. The highest BCUT2D eigenvalue weighted by atomic mass is 16.1. The minimum absolute atomic E-state index is 0.0438. The molecule has 2 saturated carbocycles. The van der Waals surface area contributed by atoms with Gasteiger partial charge < -0.3 is 0 Å². The van der Waals surface area contributed by atoms with Crippen LogP contribution in [0, 0.1) is 22.7 Å². The average Bonchev–Trinajstić information content (AvgIpc) is 2.47. The Labute approximate surface area is 99.3 Å². The van der Waals surface area contributed by atoms with E-state index in [1.165, 1.54) is 12.0 Å². The number of hydrogen-bond donors (Lipinski definition) is 0. The van der Waals surface area contributed by atoms with Crippen LogP contribution in [0.3, 0.4) is 0 Å². The van der Waals surface area contributed by atoms with Crippen LogP contribution >= 0.6 is 0 Å². The van der Waals surface area contributed by atoms with E-state index in [0.29, 0.717) is 17.6 Å². The quantitative estimate of drug-likeness (QED) is 0.643. The van der Waals surface area contributed by atoms with Crippen LogP contribution in [0.4, 0.5) is 0 Å². The van der Waals surface area contributed by atoms with Gasteiger partial charge in [0.05, 0.1) is 0 Å². The summed E-state index contributed by atoms with van der Waals surface area (Å²) in [5.41, 5.74) is 1.50. The van der Waals surface area contributed by atoms with Gasteiger partial charge in [-0.05, 0) is 44.4 Å². The summed E-state index contributed by atoms with van der Waals surface area (Å²) in [6, 6.07) is 0. The second-order valence-electron chi connectivity index (χ2n) is 6.69. The number of rotatable bonds is 2. The Morgan fingerprint density at radius 1 is 1.38 bits per heavy atom. The SMILES string of the molecule is CC(C)=CC[C@H]1C(=O)[C@]2(C)CC[C@H]1C2(C)C. The van der Waals surface area contributed by atoms with Gasteiger partial charge in [-0.15, -0.1) is 0 Å². The van der Waals surface area contributed by atoms with Gasteiger partial charge in [-0.25, -0.2) is 0 Å². The molecule has 0 saturated heterocycles. The maximum atomic E-state index is 12.5. The van der Waals surface area contributed by atoms with E-state index in [0.717, 1.165) is 12.8 Å². The highest BCUT2D eigenvalue weighted by Crippen LogP contribution is 2.66. The second kappa shape index (κ2) is 3.45. The summed E-state index contributed by atoms with van der Waals surface area (Å²) in [4.78, 5) is 12.5. The molecule has 1 nitrogen and oxygen atoms in total. The van der Waals surface area contributed by atoms with Crippen LogP contribution in [-0.2, 0) is 4.79 Å². The Kier molecular flexibility index (Phi) is 2.56. The van der Waals surface area contributed by atoms with Gasteiger partial charge in [0.15, 0.2) is 0 Å². The van der Waals surface area contributed by atoms with E-state index in [1.807, 2.05) is 0 Å². The van der Waals surface area contributed by atoms with Crippen molar-refractivity contribution in [2.24, 2.45) is 22.7 Å². The average molecular weight is 220 g/mol. The lowest BCUT2D eigenvalue weighted by atomic mass is 9.70. The number of fused-ring (bicyclic) bond motifs is 2. The molecule has 0 heterocycles. The molecule has 90 valence electrons. The van der Waals surface area contributed by atoms with E-state index in [1.54, 1.807) is 0 Å². The number of carbonyl (C=O) groups excluding carboxylic acids is 1. The third kappa shape index (κ3) is 1.33. The van der Waals surface area contributed by atoms with Crippen molar-refractivity contribution < 1.29 is 4.79 Å². The van der Waals surface area contributed by atoms with Crippen LogP contribution in [0.1, 0.15) is 53.9 Å². The number of hydrogen-bond acceptors (Lipinski definition) is 1. The Morgan fingerprint density at radius 2 is 2.00 bits per heavy atom. The molecular weight excluding hydrogens is 196 g/mol. The fraction of sp³-hybridized carbons (Fsp3) is 0.800. The molecule has 0 unspecified atom stereocenters. The van der Waals surface area contributed by atoms with Gasteiger partial charge in [-0.3, -0.25) is 4.79 Å². The van der Waals surface area contributed by atoms with Crippen molar-refractivity contribution in [3.05, 3.63) is 11.6 Å². The van der Waals surface area contributed by atoms with Gasteiger partial charge >= 0.3 is 0 Å². The van der Waals surface area contributed by atoms with E-state index in [-0.39, 0.29) is 10.8 Å². The molecule has 3 atom stereocenters. The molecule has 2 bridgehead atoms. The summed E-state index contributed by atoms with van der Waals surface area (Å²) in [5, 5.41) is 0. The molecule has 0 aromatic rings. The fourth-order valence-corrected chi connectivity index (χ4v) is 3.91. The van der Waals surface area contributed by atoms with Gasteiger partial charge in [-0.1, -0.05) is 32.4 Å². The van der Waals surface area contributed by atoms with Crippen molar-refractivity contribution in [2.75, 3.05) is 0 Å². The molecule has 2 aliphatic carbocycles. The van der Waals surface area contributed by atoms with E-state index in [9.17, 15) is 4.79 Å². The monoisotopic (exact) mass is 220 g/mol. The summed E-state index contributed by atoms with van der Waals surface area (Å²) >= 11 is 0. The van der Waals surface area contributed by atoms with Crippen LogP contribution in [0.15, 0.2) is 11.6 Å². The molecule has 0 aromatic heterocycles. The second-order valence-corrected chi connectivity index (χ2v) is 6.69. The maximum Gasteiger partial charge on any atom is 0.142 e. The van der Waals surface area contributed by atoms with Crippen LogP contribution in [0.5, 0.6) is 0 Å². The summed E-state index contributed by atoms with van der Waals surface area (Å²) < 4.78 is 0. The lowest BCUT2D eigenvalue weighted by Crippen LogP contribution is -2.33. The van der Waals surface area contributed by atoms with E-state index in [4.69, 9.17) is 0 Å². The minimum atomic E-state index is -0.0438. The molecule has 0 aromatic carbocycles. The molecule has 0 N–H and O–H groups in total. The minimum Gasteiger partial charge on any atom is -0.299 e. The molecule has 0 amide bonds. The lowest BCUT2D eigenvalue weighted by Gasteiger charge is -2.32. The molecular formula is C15H24O. The van der Waals surface area contributed by atoms with Gasteiger partial charge in [-0.2, -0.15) is 0 Å². The number of allylic oxidation sites excluding steroid dienone is 2. The van der Waals surface area contributed by atoms with E-state index in [2.05, 4.69) is 40.7 Å². The largest absolute Gasteiger partial charge is 0.299 e. The first-order valence-electron chi connectivity index (χ1n) is 6.48. The number of Topliss-reactive ketones (excluding diaryl/α,β-unsaturated/α-hetero) is 1. The molecule has 2 rings (SSSR count). The zero-order valence-corrected chi connectivity index (χ0v) is 11.3. The van der Waals surface area contributed by atoms with Gasteiger partial charge in [0.1, 0.15) is 5.78 Å². The van der Waals surface area contributed by atoms with E-state index >= 15 is 0 Å². The third-order valence-corrected chi connectivity index (χ3v) is 5.45. The molecule has 1 heteroatoms. The summed E-state index contributed by atoms with van der Waals surface area (Å²) in [5.74, 6) is 1.44. The zero-order chi connectivity index (χ0) is 12.1. The van der Waals surface area contributed by atoms with Crippen molar-refractivity contribution in [1.29, 1.82) is 0 Å². The number of carbonyl (C=O) groups is 1. The van der Waals surface area contributed by atoms with Crippen molar-refractivity contribution >= 4 is 5.78 Å². The Bertz CT molecular complexity index is 346. The summed E-state index contributed by atoms with van der Waals surface area (Å²) in [7, 11) is 0. The molecule has 0 aliphatic heterocycles. The van der Waals surface area contributed by atoms with Crippen molar-refractivity contribution in [3.63, 3.8) is 0 Å². The maximum absolute atomic E-state index is 12.5. The van der Waals surface area contributed by atoms with Crippen molar-refractivity contribution in [2.45, 2.75) is 53.9 Å². The molecule has 2 fully saturated rings. The normalized spacial score (nSPS) is 40.2. The van der Waals surface area contributed by atoms with Crippen molar-refractivity contribution in [1.82, 2.24) is 0 Å². The third-order valence-electron chi connectivity index (χ3n) is 5.45. The van der Waals surface area contributed by atoms with Crippen LogP contribution < -0.4 is 0 Å². The molecule has 2 aliphatic rings. The standard InChI is InChI=1S/C15H24O/c1-10(2)6-7-11-12-8-9-15(5,13(11)16)14(12,3)4/h6,11-12H,7-9H2,1-5H3/t11-,12-,15+/m1/s1. The first-order chi connectivity index (χ1) is 7.30. The first kappa shape index (κ1) is 11.9. The molecule has 0 spiro atoms. The highest BCUT2D eigenvalue weighted by molar-refractivity contribution is 5.91. The zero-order valence-electron chi connectivity index (χ0n) is 11.3. The lowest BCUT2D eigenvalue weighted by molar-refractivity contribution is -0.131. The van der Waals surface area contributed by atoms with E-state index < -0.39 is 0 Å². The predicted molar refractivity (Wildman–Crippen MR) is 67.2 cm³/mol. The Morgan fingerprint density at radius 3 is 2.44 bits per heavy atom. The first-order valence-corrected chi connectivity index (χ1v) is 6.48. The van der Waals surface area contributed by atoms with Gasteiger partial charge in [0.2, 0.25) is 0 Å². The van der Waals surface area contributed by atoms with Crippen LogP contribution in [0.25, 0.3) is 0 Å². The van der Waals surface area contributed by atoms with Crippen LogP contribution in [0.2, 0.25) is 0 Å². The fourth-order valence-electron chi connectivity index (χ4n) is 3.91. The number of ketones is 1. The Balaban J connectivity index is 2.26. The Hall–Kier alpha value is -0.590. The highest BCUT2D eigenvalue weighted by Gasteiger charge is 2.65. The van der Waals surface area contributed by atoms with Crippen LogP contribution in [-0.4, -0.2) is 5.78 Å². The van der Waals surface area contributed by atoms with Gasteiger partial charge in [0.25, 0.3) is 0 Å². The molecule has 16 heavy (non-hydrogen) atoms. The predicted octanol–water partition coefficient (Wildman–Crippen LogP) is 3.98. The smallest absolute Gasteiger partial charge is 0.142 e. The van der Waals surface area contributed by atoms with Crippen molar-refractivity contribution in [3.8, 4) is 0 Å².